The average Bonchev–Trinajstić information content (AvgIpc) is 3.16. The fourth-order valence-electron chi connectivity index (χ4n) is 4.21. The summed E-state index contributed by atoms with van der Waals surface area (Å²) in [5, 5.41) is 18.5. The van der Waals surface area contributed by atoms with Crippen molar-refractivity contribution in [1.29, 1.82) is 0 Å². The van der Waals surface area contributed by atoms with Gasteiger partial charge in [-0.05, 0) is 58.6 Å². The molecular weight excluding hydrogens is 534 g/mol. The summed E-state index contributed by atoms with van der Waals surface area (Å²) in [4.78, 5) is 7.23. The first-order valence-corrected chi connectivity index (χ1v) is 12.2. The van der Waals surface area contributed by atoms with E-state index in [0.29, 0.717) is 17.3 Å². The number of likely N-dealkylation sites (tertiary alicyclic amines) is 1. The van der Waals surface area contributed by atoms with E-state index < -0.39 is 0 Å². The van der Waals surface area contributed by atoms with Crippen LogP contribution < -0.4 is 5.32 Å². The number of anilines is 1. The minimum Gasteiger partial charge on any atom is -0.507 e. The summed E-state index contributed by atoms with van der Waals surface area (Å²) in [5.74, 6) is 1.09. The van der Waals surface area contributed by atoms with Crippen LogP contribution in [0.4, 0.5) is 5.82 Å². The quantitative estimate of drug-likeness (QED) is 0.330. The molecule has 0 saturated carbocycles. The van der Waals surface area contributed by atoms with Crippen LogP contribution in [0.5, 0.6) is 5.75 Å². The summed E-state index contributed by atoms with van der Waals surface area (Å²) >= 11 is 7.11. The second kappa shape index (κ2) is 9.21. The Bertz CT molecular complexity index is 1250. The summed E-state index contributed by atoms with van der Waals surface area (Å²) in [5.41, 5.74) is 3.47. The largest absolute Gasteiger partial charge is 0.507 e. The van der Waals surface area contributed by atoms with Crippen LogP contribution in [0.15, 0.2) is 69.7 Å². The maximum Gasteiger partial charge on any atom is 0.172 e. The fraction of sp³-hybridized carbons (Fsp3) is 0.250. The Labute approximate surface area is 203 Å². The first kappa shape index (κ1) is 21.4. The van der Waals surface area contributed by atoms with E-state index in [1.54, 1.807) is 12.3 Å². The van der Waals surface area contributed by atoms with Crippen LogP contribution in [0.2, 0.25) is 0 Å². The molecule has 1 aliphatic heterocycles. The van der Waals surface area contributed by atoms with Crippen molar-refractivity contribution in [2.45, 2.75) is 25.4 Å². The number of hydrogen-bond acceptors (Lipinski definition) is 5. The zero-order valence-corrected chi connectivity index (χ0v) is 20.6. The van der Waals surface area contributed by atoms with Crippen LogP contribution in [0.1, 0.15) is 18.4 Å². The molecule has 2 aromatic heterocycles. The summed E-state index contributed by atoms with van der Waals surface area (Å²) in [7, 11) is 0. The molecule has 0 unspecified atom stereocenters. The zero-order chi connectivity index (χ0) is 22.1. The van der Waals surface area contributed by atoms with Gasteiger partial charge >= 0.3 is 0 Å². The number of nitrogens with one attached hydrogen (secondary N) is 1. The molecule has 0 atom stereocenters. The highest BCUT2D eigenvalue weighted by atomic mass is 79.9. The molecule has 1 aliphatic rings. The van der Waals surface area contributed by atoms with E-state index in [0.717, 1.165) is 52.9 Å². The maximum atomic E-state index is 10.3. The molecule has 5 rings (SSSR count). The second-order valence-corrected chi connectivity index (χ2v) is 9.87. The Morgan fingerprint density at radius 1 is 1.03 bits per heavy atom. The summed E-state index contributed by atoms with van der Waals surface area (Å²) in [6.45, 7) is 3.04. The van der Waals surface area contributed by atoms with Gasteiger partial charge in [0.2, 0.25) is 0 Å². The molecule has 1 saturated heterocycles. The smallest absolute Gasteiger partial charge is 0.172 e. The van der Waals surface area contributed by atoms with Crippen molar-refractivity contribution >= 4 is 43.3 Å². The van der Waals surface area contributed by atoms with Gasteiger partial charge < -0.3 is 10.4 Å². The Morgan fingerprint density at radius 3 is 2.62 bits per heavy atom. The van der Waals surface area contributed by atoms with E-state index in [2.05, 4.69) is 71.4 Å². The van der Waals surface area contributed by atoms with Crippen molar-refractivity contribution in [2.24, 2.45) is 0 Å². The number of rotatable bonds is 5. The Kier molecular flexibility index (Phi) is 6.17. The van der Waals surface area contributed by atoms with Gasteiger partial charge in [0.05, 0.1) is 16.4 Å². The van der Waals surface area contributed by atoms with E-state index in [-0.39, 0.29) is 5.75 Å². The lowest BCUT2D eigenvalue weighted by Gasteiger charge is -2.33. The number of phenols is 1. The van der Waals surface area contributed by atoms with Crippen LogP contribution in [0, 0.1) is 0 Å². The average molecular weight is 557 g/mol. The molecule has 0 aliphatic carbocycles. The van der Waals surface area contributed by atoms with Crippen molar-refractivity contribution in [3.8, 4) is 17.0 Å². The van der Waals surface area contributed by atoms with Crippen molar-refractivity contribution in [3.63, 3.8) is 0 Å². The Hall–Kier alpha value is -2.42. The van der Waals surface area contributed by atoms with Crippen molar-refractivity contribution in [3.05, 3.63) is 75.3 Å². The molecule has 0 amide bonds. The number of fused-ring (bicyclic) bond motifs is 1. The molecule has 0 spiro atoms. The number of benzene rings is 2. The molecule has 0 bridgehead atoms. The highest BCUT2D eigenvalue weighted by Gasteiger charge is 2.21. The lowest BCUT2D eigenvalue weighted by atomic mass is 10.0. The van der Waals surface area contributed by atoms with Crippen molar-refractivity contribution < 1.29 is 5.11 Å². The lowest BCUT2D eigenvalue weighted by Crippen LogP contribution is -2.39. The maximum absolute atomic E-state index is 10.3. The molecule has 0 radical (unpaired) electrons. The van der Waals surface area contributed by atoms with Crippen LogP contribution in [-0.4, -0.2) is 43.7 Å². The molecular formula is C24H23Br2N5O. The minimum absolute atomic E-state index is 0.215. The molecule has 3 heterocycles. The molecule has 164 valence electrons. The lowest BCUT2D eigenvalue weighted by molar-refractivity contribution is 0.211. The van der Waals surface area contributed by atoms with E-state index in [4.69, 9.17) is 4.98 Å². The molecule has 4 aromatic rings. The molecule has 6 nitrogen and oxygen atoms in total. The normalized spacial score (nSPS) is 15.3. The number of halogens is 2. The van der Waals surface area contributed by atoms with Crippen LogP contribution >= 0.6 is 31.9 Å². The summed E-state index contributed by atoms with van der Waals surface area (Å²) in [6.07, 6.45) is 3.85. The second-order valence-electron chi connectivity index (χ2n) is 8.10. The van der Waals surface area contributed by atoms with E-state index in [1.807, 2.05) is 28.8 Å². The fourth-order valence-corrected chi connectivity index (χ4v) is 5.00. The van der Waals surface area contributed by atoms with Crippen LogP contribution in [-0.2, 0) is 6.54 Å². The number of phenolic OH excluding ortho intramolecular Hbond substituents is 1. The molecule has 32 heavy (non-hydrogen) atoms. The predicted molar refractivity (Wildman–Crippen MR) is 134 cm³/mol. The van der Waals surface area contributed by atoms with Gasteiger partial charge in [-0.25, -0.2) is 4.98 Å². The predicted octanol–water partition coefficient (Wildman–Crippen LogP) is 5.70. The molecule has 1 fully saturated rings. The topological polar surface area (TPSA) is 65.7 Å². The van der Waals surface area contributed by atoms with Gasteiger partial charge in [0.25, 0.3) is 0 Å². The number of nitrogens with zero attached hydrogens (tertiary/aromatic N) is 4. The van der Waals surface area contributed by atoms with E-state index >= 15 is 0 Å². The van der Waals surface area contributed by atoms with E-state index in [1.165, 1.54) is 5.56 Å². The number of aromatic hydroxyl groups is 1. The molecule has 8 heteroatoms. The first-order valence-electron chi connectivity index (χ1n) is 10.6. The van der Waals surface area contributed by atoms with Gasteiger partial charge in [0.1, 0.15) is 11.6 Å². The highest BCUT2D eigenvalue weighted by molar-refractivity contribution is 9.10. The van der Waals surface area contributed by atoms with Gasteiger partial charge in [-0.2, -0.15) is 9.61 Å². The van der Waals surface area contributed by atoms with E-state index in [9.17, 15) is 5.11 Å². The third-order valence-electron chi connectivity index (χ3n) is 5.84. The number of para-hydroxylation sites is 1. The van der Waals surface area contributed by atoms with Gasteiger partial charge in [-0.1, -0.05) is 40.2 Å². The summed E-state index contributed by atoms with van der Waals surface area (Å²) in [6, 6.07) is 18.1. The number of piperidine rings is 1. The van der Waals surface area contributed by atoms with Gasteiger partial charge in [-0.15, -0.1) is 0 Å². The van der Waals surface area contributed by atoms with Gasteiger partial charge in [0, 0.05) is 41.8 Å². The first-order chi connectivity index (χ1) is 15.6. The third kappa shape index (κ3) is 4.53. The van der Waals surface area contributed by atoms with Crippen molar-refractivity contribution in [2.75, 3.05) is 18.4 Å². The minimum atomic E-state index is 0.215. The molecule has 2 aromatic carbocycles. The summed E-state index contributed by atoms with van der Waals surface area (Å²) < 4.78 is 3.77. The van der Waals surface area contributed by atoms with Gasteiger partial charge in [0.15, 0.2) is 5.65 Å². The number of hydrogen-bond donors (Lipinski definition) is 2. The van der Waals surface area contributed by atoms with Crippen LogP contribution in [0.25, 0.3) is 16.9 Å². The van der Waals surface area contributed by atoms with Gasteiger partial charge in [-0.3, -0.25) is 4.90 Å². The zero-order valence-electron chi connectivity index (χ0n) is 17.4. The van der Waals surface area contributed by atoms with Crippen molar-refractivity contribution in [1.82, 2.24) is 19.5 Å². The highest BCUT2D eigenvalue weighted by Crippen LogP contribution is 2.31. The standard InChI is InChI=1S/C24H23Br2N5O/c25-17-5-3-4-16(12-17)15-30-10-8-18(9-11-30)28-23-13-21(19-6-1-2-7-22(19)32)29-24-20(26)14-27-31(23)24/h1-7,12-14,18,28,32H,8-11,15H2. The van der Waals surface area contributed by atoms with Crippen LogP contribution in [0.3, 0.4) is 0 Å². The number of aromatic nitrogens is 3. The Morgan fingerprint density at radius 2 is 1.84 bits per heavy atom. The SMILES string of the molecule is Oc1ccccc1-c1cc(NC2CCN(Cc3cccc(Br)c3)CC2)n2ncc(Br)c2n1. The third-order valence-corrected chi connectivity index (χ3v) is 6.90. The Balaban J connectivity index is 1.34. The molecule has 2 N–H and O–H groups in total. The monoisotopic (exact) mass is 555 g/mol.